The van der Waals surface area contributed by atoms with Crippen LogP contribution in [0, 0.1) is 29.6 Å². The Labute approximate surface area is 310 Å². The SMILES string of the molecule is C=CC=C[C@H](C)[C@H](O)[C@@H](C)[C@H](O[Si](C)(C)C(C)(C)C)[C@@H](C)CC(C)=C[C@H](C)[C@@H](O[Si](C)(C)C(C)(C)C)[C@@H](C)C=CC(=O)N(C)c1ccccc1. The third-order valence-corrected chi connectivity index (χ3v) is 20.4. The van der Waals surface area contributed by atoms with E-state index in [2.05, 4.69) is 122 Å². The minimum atomic E-state index is -2.13. The van der Waals surface area contributed by atoms with Gasteiger partial charge in [-0.25, -0.2) is 0 Å². The Morgan fingerprint density at radius 1 is 0.840 bits per heavy atom. The van der Waals surface area contributed by atoms with Crippen LogP contribution in [0.1, 0.15) is 89.5 Å². The van der Waals surface area contributed by atoms with E-state index >= 15 is 0 Å². The molecule has 0 aromatic heterocycles. The number of hydrogen-bond acceptors (Lipinski definition) is 4. The van der Waals surface area contributed by atoms with E-state index < -0.39 is 22.7 Å². The monoisotopic (exact) mass is 726 g/mol. The zero-order chi connectivity index (χ0) is 38.8. The third kappa shape index (κ3) is 13.5. The summed E-state index contributed by atoms with van der Waals surface area (Å²) in [5, 5.41) is 11.6. The number of aliphatic hydroxyl groups excluding tert-OH is 1. The van der Waals surface area contributed by atoms with Crippen molar-refractivity contribution >= 4 is 28.2 Å². The first kappa shape index (κ1) is 46.0. The fraction of sp³-hybridized carbons (Fsp3) is 0.651. The summed E-state index contributed by atoms with van der Waals surface area (Å²) in [5.74, 6) is 0.199. The van der Waals surface area contributed by atoms with Crippen LogP contribution >= 0.6 is 0 Å². The molecule has 0 bridgehead atoms. The van der Waals surface area contributed by atoms with Gasteiger partial charge in [-0.05, 0) is 79.7 Å². The number of carbonyl (C=O) groups excluding carboxylic acids is 1. The summed E-state index contributed by atoms with van der Waals surface area (Å²) in [6, 6.07) is 9.73. The van der Waals surface area contributed by atoms with Crippen molar-refractivity contribution in [3.63, 3.8) is 0 Å². The minimum absolute atomic E-state index is 0.0143. The summed E-state index contributed by atoms with van der Waals surface area (Å²) in [4.78, 5) is 14.8. The van der Waals surface area contributed by atoms with Gasteiger partial charge in [-0.15, -0.1) is 0 Å². The van der Waals surface area contributed by atoms with Crippen LogP contribution in [0.25, 0.3) is 0 Å². The Bertz CT molecular complexity index is 1290. The summed E-state index contributed by atoms with van der Waals surface area (Å²) >= 11 is 0. The molecule has 0 spiro atoms. The normalized spacial score (nSPS) is 18.7. The third-order valence-electron chi connectivity index (χ3n) is 11.4. The van der Waals surface area contributed by atoms with Gasteiger partial charge in [-0.3, -0.25) is 4.79 Å². The molecule has 1 amide bonds. The van der Waals surface area contributed by atoms with Crippen molar-refractivity contribution < 1.29 is 18.8 Å². The number of aliphatic hydroxyl groups is 1. The minimum Gasteiger partial charge on any atom is -0.413 e. The molecular weight excluding hydrogens is 651 g/mol. The lowest BCUT2D eigenvalue weighted by Gasteiger charge is -2.44. The zero-order valence-electron chi connectivity index (χ0n) is 35.0. The highest BCUT2D eigenvalue weighted by molar-refractivity contribution is 6.74. The molecule has 0 aliphatic heterocycles. The summed E-state index contributed by atoms with van der Waals surface area (Å²) in [7, 11) is -2.45. The van der Waals surface area contributed by atoms with Crippen LogP contribution in [0.2, 0.25) is 36.3 Å². The second-order valence-electron chi connectivity index (χ2n) is 18.0. The van der Waals surface area contributed by atoms with Crippen molar-refractivity contribution in [2.24, 2.45) is 29.6 Å². The van der Waals surface area contributed by atoms with Crippen molar-refractivity contribution in [1.82, 2.24) is 0 Å². The van der Waals surface area contributed by atoms with Gasteiger partial charge in [0.15, 0.2) is 16.6 Å². The van der Waals surface area contributed by atoms with Gasteiger partial charge >= 0.3 is 0 Å². The molecule has 1 aromatic carbocycles. The van der Waals surface area contributed by atoms with Crippen LogP contribution in [0.3, 0.4) is 0 Å². The zero-order valence-corrected chi connectivity index (χ0v) is 37.0. The number of allylic oxidation sites excluding steroid dienone is 3. The molecular formula is C43H75NO4Si2. The van der Waals surface area contributed by atoms with Crippen molar-refractivity contribution in [2.75, 3.05) is 11.9 Å². The van der Waals surface area contributed by atoms with Crippen molar-refractivity contribution in [3.05, 3.63) is 78.9 Å². The molecule has 0 heterocycles. The van der Waals surface area contributed by atoms with Crippen LogP contribution < -0.4 is 4.90 Å². The predicted octanol–water partition coefficient (Wildman–Crippen LogP) is 11.6. The molecule has 0 aliphatic carbocycles. The maximum absolute atomic E-state index is 13.2. The Hall–Kier alpha value is -2.04. The molecule has 8 atom stereocenters. The maximum atomic E-state index is 13.2. The Morgan fingerprint density at radius 3 is 1.82 bits per heavy atom. The van der Waals surface area contributed by atoms with E-state index in [1.165, 1.54) is 5.57 Å². The quantitative estimate of drug-likeness (QED) is 0.0708. The predicted molar refractivity (Wildman–Crippen MR) is 223 cm³/mol. The van der Waals surface area contributed by atoms with Gasteiger partial charge in [-0.2, -0.15) is 0 Å². The first-order valence-electron chi connectivity index (χ1n) is 18.8. The lowest BCUT2D eigenvalue weighted by Crippen LogP contribution is -2.49. The summed E-state index contributed by atoms with van der Waals surface area (Å²) in [6.45, 7) is 39.8. The number of rotatable bonds is 18. The topological polar surface area (TPSA) is 59.0 Å². The Balaban J connectivity index is 3.43. The Kier molecular flexibility index (Phi) is 17.6. The number of para-hydroxylation sites is 1. The summed E-state index contributed by atoms with van der Waals surface area (Å²) in [6.07, 6.45) is 11.9. The molecule has 0 aliphatic rings. The number of nitrogens with zero attached hydrogens (tertiary/aromatic N) is 1. The average Bonchev–Trinajstić information content (AvgIpc) is 3.01. The molecule has 0 unspecified atom stereocenters. The second-order valence-corrected chi connectivity index (χ2v) is 27.5. The van der Waals surface area contributed by atoms with E-state index in [1.807, 2.05) is 55.6 Å². The molecule has 0 saturated heterocycles. The van der Waals surface area contributed by atoms with Crippen LogP contribution in [0.15, 0.2) is 78.9 Å². The maximum Gasteiger partial charge on any atom is 0.250 e. The highest BCUT2D eigenvalue weighted by atomic mass is 28.4. The molecule has 284 valence electrons. The molecule has 0 fully saturated rings. The fourth-order valence-electron chi connectivity index (χ4n) is 5.98. The van der Waals surface area contributed by atoms with Gasteiger partial charge in [0.25, 0.3) is 0 Å². The van der Waals surface area contributed by atoms with Gasteiger partial charge in [0.1, 0.15) is 0 Å². The fourth-order valence-corrected chi connectivity index (χ4v) is 8.92. The van der Waals surface area contributed by atoms with Crippen LogP contribution in [0.5, 0.6) is 0 Å². The van der Waals surface area contributed by atoms with Gasteiger partial charge in [0.05, 0.1) is 18.3 Å². The number of carbonyl (C=O) groups is 1. The van der Waals surface area contributed by atoms with Gasteiger partial charge in [0, 0.05) is 30.5 Å². The van der Waals surface area contributed by atoms with Gasteiger partial charge < -0.3 is 18.9 Å². The lowest BCUT2D eigenvalue weighted by atomic mass is 9.81. The van der Waals surface area contributed by atoms with E-state index in [4.69, 9.17) is 8.85 Å². The Morgan fingerprint density at radius 2 is 1.34 bits per heavy atom. The molecule has 5 nitrogen and oxygen atoms in total. The first-order valence-corrected chi connectivity index (χ1v) is 24.6. The number of likely N-dealkylation sites (N-methyl/N-ethyl adjacent to an activating group) is 1. The van der Waals surface area contributed by atoms with E-state index in [9.17, 15) is 9.90 Å². The molecule has 1 N–H and O–H groups in total. The highest BCUT2D eigenvalue weighted by Crippen LogP contribution is 2.42. The van der Waals surface area contributed by atoms with Crippen molar-refractivity contribution in [2.45, 2.75) is 144 Å². The van der Waals surface area contributed by atoms with Crippen LogP contribution in [-0.4, -0.2) is 53.0 Å². The molecule has 1 aromatic rings. The van der Waals surface area contributed by atoms with Gasteiger partial charge in [-0.1, -0.05) is 137 Å². The summed E-state index contributed by atoms with van der Waals surface area (Å²) in [5.41, 5.74) is 2.15. The molecule has 50 heavy (non-hydrogen) atoms. The van der Waals surface area contributed by atoms with E-state index in [-0.39, 0.29) is 57.8 Å². The standard InChI is InChI=1S/C43H75NO4Si2/c1-19-20-24-32(3)39(46)36(7)41(48-50(17,18)43(11,12)13)35(6)30-31(2)29-34(5)40(47-49(15,16)42(8,9)10)33(4)27-28-38(45)44(14)37-25-22-21-23-26-37/h19-29,32-36,39-41,46H,1,30H2,2-18H3/t32-,33-,34-,35-,36+,39-,40-,41+/m0/s1. The molecule has 1 rings (SSSR count). The molecule has 0 saturated carbocycles. The van der Waals surface area contributed by atoms with Gasteiger partial charge in [0.2, 0.25) is 5.91 Å². The van der Waals surface area contributed by atoms with E-state index in [1.54, 1.807) is 17.1 Å². The van der Waals surface area contributed by atoms with Crippen molar-refractivity contribution in [3.8, 4) is 0 Å². The first-order chi connectivity index (χ1) is 22.8. The molecule has 7 heteroatoms. The lowest BCUT2D eigenvalue weighted by molar-refractivity contribution is -0.113. The second kappa shape index (κ2) is 19.2. The van der Waals surface area contributed by atoms with Crippen LogP contribution in [-0.2, 0) is 13.6 Å². The largest absolute Gasteiger partial charge is 0.413 e. The number of amides is 1. The summed E-state index contributed by atoms with van der Waals surface area (Å²) < 4.78 is 14.3. The smallest absolute Gasteiger partial charge is 0.250 e. The molecule has 0 radical (unpaired) electrons. The van der Waals surface area contributed by atoms with Crippen LogP contribution in [0.4, 0.5) is 5.69 Å². The van der Waals surface area contributed by atoms with E-state index in [0.717, 1.165) is 12.1 Å². The number of anilines is 1. The van der Waals surface area contributed by atoms with Crippen molar-refractivity contribution in [1.29, 1.82) is 0 Å². The highest BCUT2D eigenvalue weighted by Gasteiger charge is 2.43. The van der Waals surface area contributed by atoms with E-state index in [0.29, 0.717) is 0 Å². The number of hydrogen-bond donors (Lipinski definition) is 1. The average molecular weight is 726 g/mol. The number of benzene rings is 1.